The predicted molar refractivity (Wildman–Crippen MR) is 98.2 cm³/mol. The Morgan fingerprint density at radius 3 is 2.29 bits per heavy atom. The minimum Gasteiger partial charge on any atom is -0.377 e. The SMILES string of the molecule is Cc1cc(NC(CN)c2ccc(Br)cc2Cl)cc(C)c1Br. The van der Waals surface area contributed by atoms with Crippen LogP contribution in [0.15, 0.2) is 39.3 Å². The maximum atomic E-state index is 6.32. The van der Waals surface area contributed by atoms with Crippen LogP contribution in [0.1, 0.15) is 22.7 Å². The van der Waals surface area contributed by atoms with Gasteiger partial charge < -0.3 is 11.1 Å². The van der Waals surface area contributed by atoms with Crippen LogP contribution in [0.3, 0.4) is 0 Å². The molecule has 2 nitrogen and oxygen atoms in total. The van der Waals surface area contributed by atoms with E-state index in [9.17, 15) is 0 Å². The van der Waals surface area contributed by atoms with Gasteiger partial charge in [-0.1, -0.05) is 49.5 Å². The molecule has 0 amide bonds. The second kappa shape index (κ2) is 7.14. The summed E-state index contributed by atoms with van der Waals surface area (Å²) in [5.74, 6) is 0. The second-order valence-corrected chi connectivity index (χ2v) is 7.14. The van der Waals surface area contributed by atoms with Crippen LogP contribution >= 0.6 is 43.5 Å². The monoisotopic (exact) mass is 430 g/mol. The fourth-order valence-corrected chi connectivity index (χ4v) is 3.31. The van der Waals surface area contributed by atoms with E-state index < -0.39 is 0 Å². The van der Waals surface area contributed by atoms with Crippen molar-refractivity contribution in [2.45, 2.75) is 19.9 Å². The molecule has 0 heterocycles. The highest BCUT2D eigenvalue weighted by atomic mass is 79.9. The fraction of sp³-hybridized carbons (Fsp3) is 0.250. The number of hydrogen-bond acceptors (Lipinski definition) is 2. The Morgan fingerprint density at radius 1 is 1.14 bits per heavy atom. The third-order valence-electron chi connectivity index (χ3n) is 3.35. The van der Waals surface area contributed by atoms with E-state index >= 15 is 0 Å². The van der Waals surface area contributed by atoms with Crippen LogP contribution < -0.4 is 11.1 Å². The van der Waals surface area contributed by atoms with E-state index in [0.717, 1.165) is 20.2 Å². The van der Waals surface area contributed by atoms with Gasteiger partial charge in [0.15, 0.2) is 0 Å². The zero-order valence-corrected chi connectivity index (χ0v) is 15.8. The lowest BCUT2D eigenvalue weighted by molar-refractivity contribution is 0.789. The summed E-state index contributed by atoms with van der Waals surface area (Å²) in [4.78, 5) is 0. The molecule has 3 N–H and O–H groups in total. The molecule has 0 spiro atoms. The molecule has 0 saturated carbocycles. The summed E-state index contributed by atoms with van der Waals surface area (Å²) in [6.07, 6.45) is 0. The number of anilines is 1. The predicted octanol–water partition coefficient (Wildman–Crippen LogP) is 5.59. The number of nitrogens with two attached hydrogens (primary N) is 1. The highest BCUT2D eigenvalue weighted by Gasteiger charge is 2.14. The standard InChI is InChI=1S/C16H17Br2ClN2/c1-9-5-12(6-10(2)16(9)18)21-15(8-20)13-4-3-11(17)7-14(13)19/h3-7,15,21H,8,20H2,1-2H3. The maximum Gasteiger partial charge on any atom is 0.0650 e. The lowest BCUT2D eigenvalue weighted by Gasteiger charge is -2.21. The molecular weight excluding hydrogens is 415 g/mol. The molecule has 0 aliphatic rings. The van der Waals surface area contributed by atoms with Crippen molar-refractivity contribution in [1.82, 2.24) is 0 Å². The Balaban J connectivity index is 2.31. The molecule has 1 atom stereocenters. The van der Waals surface area contributed by atoms with Gasteiger partial charge in [0, 0.05) is 26.2 Å². The Hall–Kier alpha value is -0.550. The summed E-state index contributed by atoms with van der Waals surface area (Å²) in [6, 6.07) is 10.0. The number of aryl methyl sites for hydroxylation is 2. The molecule has 0 aliphatic heterocycles. The topological polar surface area (TPSA) is 38.0 Å². The molecular formula is C16H17Br2ClN2. The lowest BCUT2D eigenvalue weighted by Crippen LogP contribution is -2.21. The minimum atomic E-state index is -0.0226. The van der Waals surface area contributed by atoms with Gasteiger partial charge in [-0.3, -0.25) is 0 Å². The van der Waals surface area contributed by atoms with E-state index in [1.807, 2.05) is 18.2 Å². The Labute approximate surface area is 147 Å². The summed E-state index contributed by atoms with van der Waals surface area (Å²) < 4.78 is 2.10. The highest BCUT2D eigenvalue weighted by Crippen LogP contribution is 2.30. The summed E-state index contributed by atoms with van der Waals surface area (Å²) >= 11 is 13.3. The zero-order valence-electron chi connectivity index (χ0n) is 11.9. The maximum absolute atomic E-state index is 6.32. The highest BCUT2D eigenvalue weighted by molar-refractivity contribution is 9.10. The van der Waals surface area contributed by atoms with Crippen LogP contribution in [-0.2, 0) is 0 Å². The first-order valence-corrected chi connectivity index (χ1v) is 8.57. The summed E-state index contributed by atoms with van der Waals surface area (Å²) in [7, 11) is 0. The summed E-state index contributed by atoms with van der Waals surface area (Å²) in [5, 5.41) is 4.17. The second-order valence-electron chi connectivity index (χ2n) is 5.02. The molecule has 0 aromatic heterocycles. The van der Waals surface area contributed by atoms with Crippen molar-refractivity contribution < 1.29 is 0 Å². The van der Waals surface area contributed by atoms with Crippen molar-refractivity contribution in [2.75, 3.05) is 11.9 Å². The molecule has 0 fully saturated rings. The lowest BCUT2D eigenvalue weighted by atomic mass is 10.1. The van der Waals surface area contributed by atoms with E-state index in [2.05, 4.69) is 63.2 Å². The molecule has 112 valence electrons. The van der Waals surface area contributed by atoms with Crippen LogP contribution in [0, 0.1) is 13.8 Å². The van der Waals surface area contributed by atoms with Crippen molar-refractivity contribution in [3.8, 4) is 0 Å². The zero-order chi connectivity index (χ0) is 15.6. The Bertz CT molecular complexity index is 636. The first kappa shape index (κ1) is 16.8. The van der Waals surface area contributed by atoms with Crippen molar-refractivity contribution in [3.05, 3.63) is 61.0 Å². The molecule has 1 unspecified atom stereocenters. The van der Waals surface area contributed by atoms with E-state index in [0.29, 0.717) is 11.6 Å². The van der Waals surface area contributed by atoms with Gasteiger partial charge in [-0.2, -0.15) is 0 Å². The van der Waals surface area contributed by atoms with E-state index in [4.69, 9.17) is 17.3 Å². The van der Waals surface area contributed by atoms with Crippen LogP contribution in [0.2, 0.25) is 5.02 Å². The van der Waals surface area contributed by atoms with Gasteiger partial charge in [-0.25, -0.2) is 0 Å². The molecule has 2 rings (SSSR count). The quantitative estimate of drug-likeness (QED) is 0.661. The molecule has 5 heteroatoms. The Morgan fingerprint density at radius 2 is 1.76 bits per heavy atom. The third-order valence-corrected chi connectivity index (χ3v) is 5.42. The molecule has 0 bridgehead atoms. The largest absolute Gasteiger partial charge is 0.377 e. The summed E-state index contributed by atoms with van der Waals surface area (Å²) in [5.41, 5.74) is 10.3. The number of hydrogen-bond donors (Lipinski definition) is 2. The normalized spacial score (nSPS) is 12.3. The van der Waals surface area contributed by atoms with Gasteiger partial charge in [-0.05, 0) is 54.8 Å². The van der Waals surface area contributed by atoms with Crippen LogP contribution in [0.4, 0.5) is 5.69 Å². The van der Waals surface area contributed by atoms with E-state index in [1.54, 1.807) is 0 Å². The number of nitrogens with one attached hydrogen (secondary N) is 1. The van der Waals surface area contributed by atoms with Gasteiger partial charge in [0.2, 0.25) is 0 Å². The molecule has 2 aromatic carbocycles. The van der Waals surface area contributed by atoms with Crippen molar-refractivity contribution in [2.24, 2.45) is 5.73 Å². The van der Waals surface area contributed by atoms with Gasteiger partial charge in [0.05, 0.1) is 6.04 Å². The number of rotatable bonds is 4. The van der Waals surface area contributed by atoms with Crippen molar-refractivity contribution in [3.63, 3.8) is 0 Å². The smallest absolute Gasteiger partial charge is 0.0650 e. The molecule has 0 radical (unpaired) electrons. The fourth-order valence-electron chi connectivity index (χ4n) is 2.28. The number of benzene rings is 2. The summed E-state index contributed by atoms with van der Waals surface area (Å²) in [6.45, 7) is 4.62. The average molecular weight is 433 g/mol. The Kier molecular flexibility index (Phi) is 5.72. The van der Waals surface area contributed by atoms with Gasteiger partial charge >= 0.3 is 0 Å². The van der Waals surface area contributed by atoms with Crippen molar-refractivity contribution in [1.29, 1.82) is 0 Å². The first-order chi connectivity index (χ1) is 9.92. The van der Waals surface area contributed by atoms with Crippen LogP contribution in [-0.4, -0.2) is 6.54 Å². The number of halogens is 3. The average Bonchev–Trinajstić information content (AvgIpc) is 2.42. The molecule has 0 saturated heterocycles. The van der Waals surface area contributed by atoms with Crippen LogP contribution in [0.5, 0.6) is 0 Å². The minimum absolute atomic E-state index is 0.0226. The molecule has 0 aliphatic carbocycles. The molecule has 21 heavy (non-hydrogen) atoms. The third kappa shape index (κ3) is 4.01. The van der Waals surface area contributed by atoms with Crippen LogP contribution in [0.25, 0.3) is 0 Å². The van der Waals surface area contributed by atoms with Crippen molar-refractivity contribution >= 4 is 49.1 Å². The first-order valence-electron chi connectivity index (χ1n) is 6.60. The molecule has 2 aromatic rings. The van der Waals surface area contributed by atoms with E-state index in [-0.39, 0.29) is 6.04 Å². The van der Waals surface area contributed by atoms with Gasteiger partial charge in [0.1, 0.15) is 0 Å². The van der Waals surface area contributed by atoms with Gasteiger partial charge in [-0.15, -0.1) is 0 Å². The van der Waals surface area contributed by atoms with Gasteiger partial charge in [0.25, 0.3) is 0 Å². The van der Waals surface area contributed by atoms with E-state index in [1.165, 1.54) is 11.1 Å².